The molecule has 0 aliphatic rings. The molecule has 2 rings (SSSR count). The number of sulfonamides is 1. The highest BCUT2D eigenvalue weighted by Crippen LogP contribution is 2.12. The van der Waals surface area contributed by atoms with Crippen molar-refractivity contribution in [2.45, 2.75) is 11.6 Å². The van der Waals surface area contributed by atoms with E-state index in [-0.39, 0.29) is 12.1 Å². The van der Waals surface area contributed by atoms with Gasteiger partial charge in [-0.05, 0) is 12.1 Å². The van der Waals surface area contributed by atoms with Gasteiger partial charge in [0.05, 0.1) is 12.7 Å². The fourth-order valence-corrected chi connectivity index (χ4v) is 2.64. The third kappa shape index (κ3) is 2.66. The number of carboxylic acids is 1. The van der Waals surface area contributed by atoms with Gasteiger partial charge in [-0.2, -0.15) is 5.10 Å². The van der Waals surface area contributed by atoms with Gasteiger partial charge in [-0.25, -0.2) is 17.9 Å². The lowest BCUT2D eigenvalue weighted by Crippen LogP contribution is -2.26. The van der Waals surface area contributed by atoms with Gasteiger partial charge in [0.25, 0.3) is 10.0 Å². The Morgan fingerprint density at radius 2 is 2.32 bits per heavy atom. The number of hydrogen-bond donors (Lipinski definition) is 3. The fourth-order valence-electron chi connectivity index (χ4n) is 1.55. The predicted molar refractivity (Wildman–Crippen MR) is 65.0 cm³/mol. The maximum Gasteiger partial charge on any atom is 0.340 e. The van der Waals surface area contributed by atoms with Crippen LogP contribution in [0, 0.1) is 0 Å². The van der Waals surface area contributed by atoms with Crippen LogP contribution in [0.4, 0.5) is 0 Å². The van der Waals surface area contributed by atoms with E-state index in [9.17, 15) is 13.2 Å². The predicted octanol–water partition coefficient (Wildman–Crippen LogP) is -0.0751. The maximum atomic E-state index is 12.0. The summed E-state index contributed by atoms with van der Waals surface area (Å²) in [7, 11) is -2.17. The van der Waals surface area contributed by atoms with Crippen molar-refractivity contribution in [2.75, 3.05) is 0 Å². The highest BCUT2D eigenvalue weighted by atomic mass is 32.2. The standard InChI is InChI=1S/C10H12N4O4S/c1-14-4-2-3-7(14)5-12-19(17,18)9-8(10(15)16)6-11-13-9/h2-4,6,12H,5H2,1H3,(H,11,13)(H,15,16). The summed E-state index contributed by atoms with van der Waals surface area (Å²) in [5, 5.41) is 14.0. The van der Waals surface area contributed by atoms with Crippen molar-refractivity contribution in [2.24, 2.45) is 7.05 Å². The summed E-state index contributed by atoms with van der Waals surface area (Å²) < 4.78 is 28.0. The first kappa shape index (κ1) is 13.3. The molecular weight excluding hydrogens is 272 g/mol. The molecule has 0 aliphatic carbocycles. The average Bonchev–Trinajstić information content (AvgIpc) is 2.95. The van der Waals surface area contributed by atoms with Crippen molar-refractivity contribution in [3.8, 4) is 0 Å². The van der Waals surface area contributed by atoms with Crippen molar-refractivity contribution >= 4 is 16.0 Å². The lowest BCUT2D eigenvalue weighted by molar-refractivity contribution is 0.0692. The topological polar surface area (TPSA) is 117 Å². The van der Waals surface area contributed by atoms with Gasteiger partial charge in [-0.15, -0.1) is 0 Å². The molecular formula is C10H12N4O4S. The second-order valence-electron chi connectivity index (χ2n) is 3.85. The van der Waals surface area contributed by atoms with Crippen LogP contribution in [-0.2, 0) is 23.6 Å². The Balaban J connectivity index is 2.21. The minimum absolute atomic E-state index is 0.0594. The zero-order valence-electron chi connectivity index (χ0n) is 9.99. The lowest BCUT2D eigenvalue weighted by atomic mass is 10.4. The number of aromatic nitrogens is 3. The normalized spacial score (nSPS) is 11.6. The molecule has 19 heavy (non-hydrogen) atoms. The van der Waals surface area contributed by atoms with Gasteiger partial charge >= 0.3 is 5.97 Å². The van der Waals surface area contributed by atoms with Gasteiger partial charge in [0.1, 0.15) is 5.56 Å². The molecule has 102 valence electrons. The molecule has 0 aromatic carbocycles. The Morgan fingerprint density at radius 1 is 1.58 bits per heavy atom. The van der Waals surface area contributed by atoms with Gasteiger partial charge in [0.2, 0.25) is 0 Å². The van der Waals surface area contributed by atoms with Gasteiger partial charge < -0.3 is 9.67 Å². The lowest BCUT2D eigenvalue weighted by Gasteiger charge is -2.06. The summed E-state index contributed by atoms with van der Waals surface area (Å²) in [6, 6.07) is 3.54. The third-order valence-electron chi connectivity index (χ3n) is 2.60. The maximum absolute atomic E-state index is 12.0. The van der Waals surface area contributed by atoms with E-state index in [1.165, 1.54) is 0 Å². The minimum atomic E-state index is -3.95. The number of carboxylic acid groups (broad SMARTS) is 1. The molecule has 0 saturated carbocycles. The summed E-state index contributed by atoms with van der Waals surface area (Å²) >= 11 is 0. The molecule has 2 aromatic rings. The number of hydrogen-bond acceptors (Lipinski definition) is 4. The number of carbonyl (C=O) groups is 1. The largest absolute Gasteiger partial charge is 0.478 e. The number of aryl methyl sites for hydroxylation is 1. The molecule has 0 unspecified atom stereocenters. The number of nitrogens with one attached hydrogen (secondary N) is 2. The Bertz CT molecular complexity index is 701. The van der Waals surface area contributed by atoms with E-state index in [4.69, 9.17) is 5.11 Å². The van der Waals surface area contributed by atoms with E-state index in [0.29, 0.717) is 0 Å². The van der Waals surface area contributed by atoms with Crippen LogP contribution in [-0.4, -0.2) is 34.3 Å². The molecule has 0 aliphatic heterocycles. The van der Waals surface area contributed by atoms with Gasteiger partial charge in [-0.1, -0.05) is 0 Å². The van der Waals surface area contributed by atoms with Crippen molar-refractivity contribution in [1.82, 2.24) is 19.5 Å². The number of H-pyrrole nitrogens is 1. The van der Waals surface area contributed by atoms with E-state index in [1.807, 2.05) is 0 Å². The monoisotopic (exact) mass is 284 g/mol. The molecule has 2 aromatic heterocycles. The molecule has 0 bridgehead atoms. The van der Waals surface area contributed by atoms with Crippen LogP contribution in [0.1, 0.15) is 16.1 Å². The number of nitrogens with zero attached hydrogens (tertiary/aromatic N) is 2. The highest BCUT2D eigenvalue weighted by Gasteiger charge is 2.24. The Hall–Kier alpha value is -2.13. The Kier molecular flexibility index (Phi) is 3.40. The number of aromatic carboxylic acids is 1. The van der Waals surface area contributed by atoms with Crippen molar-refractivity contribution in [1.29, 1.82) is 0 Å². The summed E-state index contributed by atoms with van der Waals surface area (Å²) in [4.78, 5) is 10.9. The van der Waals surface area contributed by atoms with Gasteiger partial charge in [0.15, 0.2) is 5.03 Å². The summed E-state index contributed by atoms with van der Waals surface area (Å²) in [5.74, 6) is -1.35. The van der Waals surface area contributed by atoms with Crippen LogP contribution in [0.5, 0.6) is 0 Å². The van der Waals surface area contributed by atoms with Crippen molar-refractivity contribution in [3.63, 3.8) is 0 Å². The van der Waals surface area contributed by atoms with Gasteiger partial charge in [0, 0.05) is 18.9 Å². The van der Waals surface area contributed by atoms with Crippen molar-refractivity contribution in [3.05, 3.63) is 35.8 Å². The molecule has 3 N–H and O–H groups in total. The molecule has 2 heterocycles. The average molecular weight is 284 g/mol. The second-order valence-corrected chi connectivity index (χ2v) is 5.56. The number of rotatable bonds is 5. The third-order valence-corrected chi connectivity index (χ3v) is 3.97. The molecule has 0 amide bonds. The molecule has 0 radical (unpaired) electrons. The number of aromatic amines is 1. The van der Waals surface area contributed by atoms with E-state index >= 15 is 0 Å². The molecule has 0 spiro atoms. The van der Waals surface area contributed by atoms with Gasteiger partial charge in [-0.3, -0.25) is 5.10 Å². The SMILES string of the molecule is Cn1cccc1CNS(=O)(=O)c1[nH]ncc1C(=O)O. The smallest absolute Gasteiger partial charge is 0.340 e. The highest BCUT2D eigenvalue weighted by molar-refractivity contribution is 7.89. The first-order valence-corrected chi connectivity index (χ1v) is 6.76. The second kappa shape index (κ2) is 4.86. The van der Waals surface area contributed by atoms with Crippen LogP contribution < -0.4 is 4.72 Å². The first-order chi connectivity index (χ1) is 8.92. The molecule has 9 heteroatoms. The van der Waals surface area contributed by atoms with Crippen LogP contribution in [0.25, 0.3) is 0 Å². The molecule has 0 atom stereocenters. The van der Waals surface area contributed by atoms with E-state index in [2.05, 4.69) is 14.9 Å². The van der Waals surface area contributed by atoms with Crippen LogP contribution in [0.2, 0.25) is 0 Å². The molecule has 8 nitrogen and oxygen atoms in total. The summed E-state index contributed by atoms with van der Waals surface area (Å²) in [5.41, 5.74) is 0.361. The minimum Gasteiger partial charge on any atom is -0.478 e. The van der Waals surface area contributed by atoms with E-state index < -0.39 is 21.0 Å². The Labute approximate surface area is 109 Å². The van der Waals surface area contributed by atoms with E-state index in [0.717, 1.165) is 11.9 Å². The van der Waals surface area contributed by atoms with Crippen molar-refractivity contribution < 1.29 is 18.3 Å². The summed E-state index contributed by atoms with van der Waals surface area (Å²) in [6.45, 7) is 0.0594. The Morgan fingerprint density at radius 3 is 2.89 bits per heavy atom. The van der Waals surface area contributed by atoms with Crippen LogP contribution >= 0.6 is 0 Å². The zero-order valence-corrected chi connectivity index (χ0v) is 10.8. The summed E-state index contributed by atoms with van der Waals surface area (Å²) in [6.07, 6.45) is 2.74. The first-order valence-electron chi connectivity index (χ1n) is 5.28. The molecule has 0 fully saturated rings. The molecule has 0 saturated heterocycles. The van der Waals surface area contributed by atoms with E-state index in [1.54, 1.807) is 29.9 Å². The quantitative estimate of drug-likeness (QED) is 0.710. The fraction of sp³-hybridized carbons (Fsp3) is 0.200. The zero-order chi connectivity index (χ0) is 14.0. The van der Waals surface area contributed by atoms with Crippen LogP contribution in [0.15, 0.2) is 29.6 Å². The van der Waals surface area contributed by atoms with Crippen LogP contribution in [0.3, 0.4) is 0 Å².